The van der Waals surface area contributed by atoms with Crippen molar-refractivity contribution >= 4 is 11.9 Å². The molecule has 1 aromatic rings. The lowest BCUT2D eigenvalue weighted by Crippen LogP contribution is -2.19. The van der Waals surface area contributed by atoms with Crippen LogP contribution in [0.3, 0.4) is 0 Å². The van der Waals surface area contributed by atoms with Crippen molar-refractivity contribution in [2.45, 2.75) is 40.3 Å². The highest BCUT2D eigenvalue weighted by molar-refractivity contribution is 5.66. The van der Waals surface area contributed by atoms with Gasteiger partial charge in [0.05, 0.1) is 24.5 Å². The topological polar surface area (TPSA) is 21.6 Å². The molecule has 0 radical (unpaired) electrons. The quantitative estimate of drug-likeness (QED) is 0.635. The molecule has 22 heavy (non-hydrogen) atoms. The van der Waals surface area contributed by atoms with E-state index in [0.717, 1.165) is 18.6 Å². The summed E-state index contributed by atoms with van der Waals surface area (Å²) in [6.45, 7) is 9.43. The molecule has 0 bridgehead atoms. The fraction of sp³-hybridized carbons (Fsp3) is 0.588. The van der Waals surface area contributed by atoms with Gasteiger partial charge >= 0.3 is 6.18 Å². The van der Waals surface area contributed by atoms with E-state index in [1.807, 2.05) is 6.92 Å². The first kappa shape index (κ1) is 18.7. The van der Waals surface area contributed by atoms with Gasteiger partial charge in [-0.25, -0.2) is 0 Å². The summed E-state index contributed by atoms with van der Waals surface area (Å²) in [6.07, 6.45) is -1.84. The summed E-state index contributed by atoms with van der Waals surface area (Å²) in [6, 6.07) is 5.03. The Kier molecular flexibility index (Phi) is 6.60. The zero-order valence-corrected chi connectivity index (χ0v) is 13.6. The Hall–Kier alpha value is -1.36. The maximum Gasteiger partial charge on any atom is 0.416 e. The van der Waals surface area contributed by atoms with Gasteiger partial charge in [0, 0.05) is 12.1 Å². The first-order valence-electron chi connectivity index (χ1n) is 7.41. The summed E-state index contributed by atoms with van der Waals surface area (Å²) in [5.41, 5.74) is -0.278. The minimum atomic E-state index is -4.34. The molecular formula is C17H24F3NO. The van der Waals surface area contributed by atoms with E-state index in [1.54, 1.807) is 12.3 Å². The van der Waals surface area contributed by atoms with Gasteiger partial charge in [-0.05, 0) is 30.0 Å². The molecule has 5 heteroatoms. The van der Waals surface area contributed by atoms with Crippen LogP contribution in [0.1, 0.15) is 39.7 Å². The fourth-order valence-electron chi connectivity index (χ4n) is 1.74. The van der Waals surface area contributed by atoms with Crippen molar-refractivity contribution in [3.63, 3.8) is 0 Å². The van der Waals surface area contributed by atoms with Crippen LogP contribution >= 0.6 is 0 Å². The summed E-state index contributed by atoms with van der Waals surface area (Å²) in [5, 5.41) is 0. The van der Waals surface area contributed by atoms with Gasteiger partial charge in [-0.15, -0.1) is 0 Å². The van der Waals surface area contributed by atoms with Crippen LogP contribution in [-0.4, -0.2) is 19.4 Å². The number of ether oxygens (including phenoxy) is 1. The van der Waals surface area contributed by atoms with E-state index in [1.165, 1.54) is 6.07 Å². The van der Waals surface area contributed by atoms with E-state index in [4.69, 9.17) is 4.74 Å². The maximum absolute atomic E-state index is 12.6. The molecular weight excluding hydrogens is 291 g/mol. The Morgan fingerprint density at radius 2 is 1.91 bits per heavy atom. The normalized spacial score (nSPS) is 14.5. The van der Waals surface area contributed by atoms with Gasteiger partial charge < -0.3 is 4.74 Å². The van der Waals surface area contributed by atoms with Gasteiger partial charge in [-0.3, -0.25) is 4.99 Å². The van der Waals surface area contributed by atoms with Crippen molar-refractivity contribution in [2.75, 3.05) is 13.2 Å². The minimum Gasteiger partial charge on any atom is -0.380 e. The van der Waals surface area contributed by atoms with Crippen LogP contribution in [-0.2, 0) is 10.9 Å². The highest BCUT2D eigenvalue weighted by atomic mass is 19.4. The molecule has 0 saturated heterocycles. The Bertz CT molecular complexity index is 489. The van der Waals surface area contributed by atoms with Crippen molar-refractivity contribution in [3.05, 3.63) is 29.8 Å². The molecule has 0 spiro atoms. The lowest BCUT2D eigenvalue weighted by Gasteiger charge is -2.19. The first-order valence-corrected chi connectivity index (χ1v) is 7.41. The molecule has 0 amide bonds. The Morgan fingerprint density at radius 3 is 2.45 bits per heavy atom. The van der Waals surface area contributed by atoms with Gasteiger partial charge in [0.25, 0.3) is 0 Å². The number of rotatable bonds is 6. The van der Waals surface area contributed by atoms with Crippen molar-refractivity contribution < 1.29 is 17.9 Å². The number of hydrogen-bond donors (Lipinski definition) is 0. The van der Waals surface area contributed by atoms with Crippen LogP contribution in [0, 0.1) is 11.3 Å². The van der Waals surface area contributed by atoms with Gasteiger partial charge in [0.15, 0.2) is 0 Å². The molecule has 0 aliphatic rings. The molecule has 0 saturated carbocycles. The number of nitrogens with zero attached hydrogens (tertiary/aromatic N) is 1. The molecule has 0 aliphatic carbocycles. The van der Waals surface area contributed by atoms with Crippen LogP contribution < -0.4 is 0 Å². The fourth-order valence-corrected chi connectivity index (χ4v) is 1.74. The maximum atomic E-state index is 12.6. The standard InChI is InChI=1S/C17H24F3NO/c1-5-13(11-22-12-16(2,3)4)10-21-15-8-6-7-14(9-15)17(18,19)20/h6-10,13H,5,11-12H2,1-4H3. The van der Waals surface area contributed by atoms with Gasteiger partial charge in [0.2, 0.25) is 0 Å². The van der Waals surface area contributed by atoms with Crippen molar-refractivity contribution in [2.24, 2.45) is 16.3 Å². The van der Waals surface area contributed by atoms with Crippen molar-refractivity contribution in [3.8, 4) is 0 Å². The van der Waals surface area contributed by atoms with E-state index >= 15 is 0 Å². The molecule has 0 aromatic heterocycles. The summed E-state index contributed by atoms with van der Waals surface area (Å²) in [4.78, 5) is 4.16. The average molecular weight is 315 g/mol. The molecule has 0 fully saturated rings. The van der Waals surface area contributed by atoms with E-state index in [2.05, 4.69) is 25.8 Å². The SMILES string of the molecule is CCC(C=Nc1cccc(C(F)(F)F)c1)COCC(C)(C)C. The predicted molar refractivity (Wildman–Crippen MR) is 83.7 cm³/mol. The predicted octanol–water partition coefficient (Wildman–Crippen LogP) is 5.50. The zero-order valence-electron chi connectivity index (χ0n) is 13.6. The van der Waals surface area contributed by atoms with Gasteiger partial charge in [-0.2, -0.15) is 13.2 Å². The van der Waals surface area contributed by atoms with Crippen molar-refractivity contribution in [1.82, 2.24) is 0 Å². The monoisotopic (exact) mass is 315 g/mol. The molecule has 1 rings (SSSR count). The summed E-state index contributed by atoms with van der Waals surface area (Å²) in [5.74, 6) is 0.0943. The third kappa shape index (κ3) is 7.07. The van der Waals surface area contributed by atoms with E-state index in [0.29, 0.717) is 18.9 Å². The molecule has 124 valence electrons. The van der Waals surface area contributed by atoms with E-state index in [-0.39, 0.29) is 11.3 Å². The largest absolute Gasteiger partial charge is 0.416 e. The number of halogens is 3. The number of aliphatic imine (C=N–C) groups is 1. The second-order valence-electron chi connectivity index (χ2n) is 6.57. The number of hydrogen-bond acceptors (Lipinski definition) is 2. The molecule has 0 heterocycles. The Balaban J connectivity index is 2.65. The molecule has 0 N–H and O–H groups in total. The second-order valence-corrected chi connectivity index (χ2v) is 6.57. The number of benzene rings is 1. The van der Waals surface area contributed by atoms with Crippen LogP contribution in [0.4, 0.5) is 18.9 Å². The minimum absolute atomic E-state index is 0.0937. The number of alkyl halides is 3. The molecule has 1 aromatic carbocycles. The van der Waals surface area contributed by atoms with Crippen LogP contribution in [0.25, 0.3) is 0 Å². The third-order valence-electron chi connectivity index (χ3n) is 3.00. The smallest absolute Gasteiger partial charge is 0.380 e. The third-order valence-corrected chi connectivity index (χ3v) is 3.00. The average Bonchev–Trinajstić information content (AvgIpc) is 2.40. The van der Waals surface area contributed by atoms with Crippen LogP contribution in [0.15, 0.2) is 29.3 Å². The van der Waals surface area contributed by atoms with Crippen LogP contribution in [0.5, 0.6) is 0 Å². The van der Waals surface area contributed by atoms with Crippen molar-refractivity contribution in [1.29, 1.82) is 0 Å². The lowest BCUT2D eigenvalue weighted by molar-refractivity contribution is -0.137. The van der Waals surface area contributed by atoms with E-state index in [9.17, 15) is 13.2 Å². The Morgan fingerprint density at radius 1 is 1.23 bits per heavy atom. The van der Waals surface area contributed by atoms with Gasteiger partial charge in [-0.1, -0.05) is 33.8 Å². The molecule has 0 aliphatic heterocycles. The van der Waals surface area contributed by atoms with Crippen LogP contribution in [0.2, 0.25) is 0 Å². The molecule has 2 nitrogen and oxygen atoms in total. The van der Waals surface area contributed by atoms with E-state index < -0.39 is 11.7 Å². The highest BCUT2D eigenvalue weighted by Crippen LogP contribution is 2.31. The first-order chi connectivity index (χ1) is 10.1. The lowest BCUT2D eigenvalue weighted by atomic mass is 9.98. The summed E-state index contributed by atoms with van der Waals surface area (Å²) in [7, 11) is 0. The molecule has 1 unspecified atom stereocenters. The molecule has 1 atom stereocenters. The van der Waals surface area contributed by atoms with Gasteiger partial charge in [0.1, 0.15) is 0 Å². The summed E-state index contributed by atoms with van der Waals surface area (Å²) >= 11 is 0. The Labute approximate surface area is 130 Å². The zero-order chi connectivity index (χ0) is 16.8. The summed E-state index contributed by atoms with van der Waals surface area (Å²) < 4.78 is 43.6. The second kappa shape index (κ2) is 7.77. The highest BCUT2D eigenvalue weighted by Gasteiger charge is 2.30.